The van der Waals surface area contributed by atoms with Gasteiger partial charge in [0.1, 0.15) is 6.54 Å². The number of benzene rings is 1. The van der Waals surface area contributed by atoms with E-state index >= 15 is 0 Å². The van der Waals surface area contributed by atoms with Gasteiger partial charge < -0.3 is 9.80 Å². The van der Waals surface area contributed by atoms with Crippen LogP contribution >= 0.6 is 23.1 Å². The molecular weight excluding hydrogens is 404 g/mol. The summed E-state index contributed by atoms with van der Waals surface area (Å²) in [5.74, 6) is 0. The Morgan fingerprint density at radius 3 is 2.61 bits per heavy atom. The molecule has 0 unspecified atom stereocenters. The molecule has 3 heterocycles. The number of rotatable bonds is 5. The highest BCUT2D eigenvalue weighted by Gasteiger charge is 2.21. The molecule has 0 saturated carbocycles. The van der Waals surface area contributed by atoms with Crippen molar-refractivity contribution in [3.05, 3.63) is 40.8 Å². The third-order valence-corrected chi connectivity index (χ3v) is 6.47. The first kappa shape index (κ1) is 19.1. The Kier molecular flexibility index (Phi) is 5.49. The lowest BCUT2D eigenvalue weighted by molar-refractivity contribution is 0.119. The van der Waals surface area contributed by atoms with Crippen LogP contribution in [0.1, 0.15) is 0 Å². The number of piperazine rings is 1. The van der Waals surface area contributed by atoms with E-state index in [2.05, 4.69) is 39.4 Å². The average Bonchev–Trinajstić information content (AvgIpc) is 3.12. The average molecular weight is 424 g/mol. The third kappa shape index (κ3) is 3.97. The van der Waals surface area contributed by atoms with E-state index in [0.717, 1.165) is 28.4 Å². The Morgan fingerprint density at radius 1 is 1.18 bits per heavy atom. The quantitative estimate of drug-likeness (QED) is 0.588. The molecule has 0 spiro atoms. The number of anilines is 2. The zero-order valence-electron chi connectivity index (χ0n) is 15.2. The summed E-state index contributed by atoms with van der Waals surface area (Å²) in [6, 6.07) is 7.68. The second-order valence-corrected chi connectivity index (χ2v) is 8.32. The van der Waals surface area contributed by atoms with Gasteiger partial charge in [-0.25, -0.2) is 18.4 Å². The molecule has 1 aliphatic rings. The molecule has 1 fully saturated rings. The van der Waals surface area contributed by atoms with Crippen LogP contribution in [-0.4, -0.2) is 53.6 Å². The van der Waals surface area contributed by atoms with Crippen LogP contribution in [0.4, 0.5) is 19.6 Å². The van der Waals surface area contributed by atoms with E-state index in [4.69, 9.17) is 4.98 Å². The first-order chi connectivity index (χ1) is 13.5. The monoisotopic (exact) mass is 423 g/mol. The van der Waals surface area contributed by atoms with Crippen LogP contribution in [0.5, 0.6) is 0 Å². The van der Waals surface area contributed by atoms with E-state index in [1.165, 1.54) is 21.9 Å². The summed E-state index contributed by atoms with van der Waals surface area (Å²) in [6.45, 7) is 2.30. The summed E-state index contributed by atoms with van der Waals surface area (Å²) in [7, 11) is 0. The summed E-state index contributed by atoms with van der Waals surface area (Å²) in [5.41, 5.74) is 1.17. The Hall–Kier alpha value is -2.20. The minimum atomic E-state index is -2.60. The number of aromatic nitrogens is 3. The first-order valence-electron chi connectivity index (χ1n) is 8.83. The summed E-state index contributed by atoms with van der Waals surface area (Å²) in [6.07, 6.45) is 0.949. The molecule has 0 bridgehead atoms. The van der Waals surface area contributed by atoms with Crippen LogP contribution in [0, 0.1) is 0 Å². The highest BCUT2D eigenvalue weighted by Crippen LogP contribution is 2.32. The Balaban J connectivity index is 1.44. The van der Waals surface area contributed by atoms with Gasteiger partial charge in [-0.2, -0.15) is 5.10 Å². The Morgan fingerprint density at radius 2 is 1.93 bits per heavy atom. The zero-order valence-corrected chi connectivity index (χ0v) is 16.8. The number of alkyl halides is 2. The second-order valence-electron chi connectivity index (χ2n) is 6.43. The molecule has 0 atom stereocenters. The fourth-order valence-electron chi connectivity index (χ4n) is 3.18. The molecule has 3 aromatic rings. The Labute approximate surface area is 168 Å². The van der Waals surface area contributed by atoms with Gasteiger partial charge in [0.2, 0.25) is 0 Å². The SMILES string of the molecule is CSc1ccc2nc(N3CCN(c4cnn(CC(F)F)c(=O)c4)CC3)sc2c1. The fraction of sp³-hybridized carbons (Fsp3) is 0.389. The van der Waals surface area contributed by atoms with Crippen molar-refractivity contribution >= 4 is 44.1 Å². The van der Waals surface area contributed by atoms with Crippen molar-refractivity contribution in [2.45, 2.75) is 17.9 Å². The minimum Gasteiger partial charge on any atom is -0.367 e. The van der Waals surface area contributed by atoms with Gasteiger partial charge in [0.25, 0.3) is 12.0 Å². The smallest absolute Gasteiger partial charge is 0.269 e. The van der Waals surface area contributed by atoms with Crippen LogP contribution in [0.25, 0.3) is 10.2 Å². The lowest BCUT2D eigenvalue weighted by Crippen LogP contribution is -2.47. The number of fused-ring (bicyclic) bond motifs is 1. The summed E-state index contributed by atoms with van der Waals surface area (Å²) in [5, 5.41) is 4.87. The lowest BCUT2D eigenvalue weighted by atomic mass is 10.3. The van der Waals surface area contributed by atoms with E-state index < -0.39 is 18.5 Å². The third-order valence-electron chi connectivity index (χ3n) is 4.67. The predicted molar refractivity (Wildman–Crippen MR) is 110 cm³/mol. The van der Waals surface area contributed by atoms with Crippen LogP contribution < -0.4 is 15.4 Å². The normalized spacial score (nSPS) is 15.0. The highest BCUT2D eigenvalue weighted by atomic mass is 32.2. The first-order valence-corrected chi connectivity index (χ1v) is 10.9. The van der Waals surface area contributed by atoms with E-state index in [-0.39, 0.29) is 0 Å². The maximum Gasteiger partial charge on any atom is 0.269 e. The van der Waals surface area contributed by atoms with Crippen LogP contribution in [0.3, 0.4) is 0 Å². The van der Waals surface area contributed by atoms with Crippen molar-refractivity contribution in [3.63, 3.8) is 0 Å². The molecule has 0 radical (unpaired) electrons. The minimum absolute atomic E-state index is 0.504. The number of halogens is 2. The van der Waals surface area contributed by atoms with Crippen molar-refractivity contribution < 1.29 is 8.78 Å². The van der Waals surface area contributed by atoms with Crippen molar-refractivity contribution in [2.75, 3.05) is 42.2 Å². The molecule has 1 aromatic carbocycles. The number of hydrogen-bond acceptors (Lipinski definition) is 7. The molecule has 0 amide bonds. The number of nitrogens with zero attached hydrogens (tertiary/aromatic N) is 5. The number of hydrogen-bond donors (Lipinski definition) is 0. The van der Waals surface area contributed by atoms with Gasteiger partial charge in [0, 0.05) is 37.1 Å². The van der Waals surface area contributed by atoms with Crippen LogP contribution in [0.15, 0.2) is 40.2 Å². The van der Waals surface area contributed by atoms with Crippen LogP contribution in [0.2, 0.25) is 0 Å². The van der Waals surface area contributed by atoms with Gasteiger partial charge >= 0.3 is 0 Å². The molecule has 0 N–H and O–H groups in total. The molecule has 10 heteroatoms. The molecule has 4 rings (SSSR count). The number of thiazole rings is 1. The van der Waals surface area contributed by atoms with E-state index in [1.54, 1.807) is 23.1 Å². The molecule has 148 valence electrons. The van der Waals surface area contributed by atoms with E-state index in [9.17, 15) is 13.6 Å². The van der Waals surface area contributed by atoms with Gasteiger partial charge in [0.15, 0.2) is 5.13 Å². The van der Waals surface area contributed by atoms with Gasteiger partial charge in [-0.05, 0) is 24.5 Å². The van der Waals surface area contributed by atoms with Gasteiger partial charge in [0.05, 0.1) is 22.1 Å². The highest BCUT2D eigenvalue weighted by molar-refractivity contribution is 7.98. The molecule has 6 nitrogen and oxygen atoms in total. The van der Waals surface area contributed by atoms with Gasteiger partial charge in [-0.1, -0.05) is 11.3 Å². The molecular formula is C18H19F2N5OS2. The zero-order chi connectivity index (χ0) is 19.7. The van der Waals surface area contributed by atoms with E-state index in [1.807, 2.05) is 0 Å². The predicted octanol–water partition coefficient (Wildman–Crippen LogP) is 3.17. The maximum absolute atomic E-state index is 12.5. The molecule has 1 aliphatic heterocycles. The van der Waals surface area contributed by atoms with Crippen molar-refractivity contribution in [2.24, 2.45) is 0 Å². The second kappa shape index (κ2) is 8.04. The maximum atomic E-state index is 12.5. The summed E-state index contributed by atoms with van der Waals surface area (Å²) < 4.78 is 26.9. The van der Waals surface area contributed by atoms with Crippen molar-refractivity contribution in [1.29, 1.82) is 0 Å². The van der Waals surface area contributed by atoms with Crippen LogP contribution in [-0.2, 0) is 6.54 Å². The van der Waals surface area contributed by atoms with Crippen molar-refractivity contribution in [1.82, 2.24) is 14.8 Å². The van der Waals surface area contributed by atoms with E-state index in [0.29, 0.717) is 18.8 Å². The van der Waals surface area contributed by atoms with Gasteiger partial charge in [-0.15, -0.1) is 11.8 Å². The molecule has 1 saturated heterocycles. The molecule has 2 aromatic heterocycles. The molecule has 28 heavy (non-hydrogen) atoms. The summed E-state index contributed by atoms with van der Waals surface area (Å²) >= 11 is 3.40. The molecule has 0 aliphatic carbocycles. The fourth-order valence-corrected chi connectivity index (χ4v) is 4.75. The largest absolute Gasteiger partial charge is 0.367 e. The van der Waals surface area contributed by atoms with Gasteiger partial charge in [-0.3, -0.25) is 4.79 Å². The standard InChI is InChI=1S/C18H19F2N5OS2/c1-27-13-2-3-14-15(9-13)28-18(22-14)24-6-4-23(5-7-24)12-8-17(26)25(21-10-12)11-16(19)20/h2-3,8-10,16H,4-7,11H2,1H3. The van der Waals surface area contributed by atoms with Crippen molar-refractivity contribution in [3.8, 4) is 0 Å². The summed E-state index contributed by atoms with van der Waals surface area (Å²) in [4.78, 5) is 22.2. The number of thioether (sulfide) groups is 1. The topological polar surface area (TPSA) is 54.3 Å². The Bertz CT molecular complexity index is 1030. The lowest BCUT2D eigenvalue weighted by Gasteiger charge is -2.35.